The summed E-state index contributed by atoms with van der Waals surface area (Å²) in [6.07, 6.45) is 1.71. The first kappa shape index (κ1) is 18.6. The van der Waals surface area contributed by atoms with E-state index in [4.69, 9.17) is 0 Å². The number of hydrogen-bond acceptors (Lipinski definition) is 3. The normalized spacial score (nSPS) is 13.9. The number of carbonyl (C=O) groups excluding carboxylic acids is 2. The van der Waals surface area contributed by atoms with Gasteiger partial charge in [0.1, 0.15) is 6.54 Å². The molecule has 0 spiro atoms. The maximum absolute atomic E-state index is 13.2. The van der Waals surface area contributed by atoms with Crippen molar-refractivity contribution in [3.63, 3.8) is 0 Å². The van der Waals surface area contributed by atoms with Crippen LogP contribution >= 0.6 is 0 Å². The third kappa shape index (κ3) is 3.43. The van der Waals surface area contributed by atoms with Crippen molar-refractivity contribution in [3.8, 4) is 0 Å². The number of pyridine rings is 1. The van der Waals surface area contributed by atoms with E-state index in [0.717, 1.165) is 16.8 Å². The van der Waals surface area contributed by atoms with Gasteiger partial charge in [-0.1, -0.05) is 61.2 Å². The number of likely N-dealkylation sites (N-methyl/N-ethyl adjacent to an activating group) is 1. The van der Waals surface area contributed by atoms with Crippen LogP contribution in [-0.2, 0) is 4.79 Å². The van der Waals surface area contributed by atoms with E-state index in [1.165, 1.54) is 4.90 Å². The van der Waals surface area contributed by atoms with Gasteiger partial charge in [-0.05, 0) is 23.8 Å². The lowest BCUT2D eigenvalue weighted by molar-refractivity contribution is -0.131. The summed E-state index contributed by atoms with van der Waals surface area (Å²) in [7, 11) is 1.74. The molecule has 5 heteroatoms. The van der Waals surface area contributed by atoms with E-state index >= 15 is 0 Å². The van der Waals surface area contributed by atoms with Crippen molar-refractivity contribution in [1.29, 1.82) is 0 Å². The van der Waals surface area contributed by atoms with E-state index in [1.807, 2.05) is 66.7 Å². The highest BCUT2D eigenvalue weighted by molar-refractivity contribution is 6.10. The van der Waals surface area contributed by atoms with Gasteiger partial charge in [0, 0.05) is 30.1 Å². The van der Waals surface area contributed by atoms with E-state index in [-0.39, 0.29) is 24.4 Å². The maximum atomic E-state index is 13.2. The number of fused-ring (bicyclic) bond motifs is 1. The van der Waals surface area contributed by atoms with Gasteiger partial charge in [0.25, 0.3) is 5.91 Å². The van der Waals surface area contributed by atoms with Crippen LogP contribution in [-0.4, -0.2) is 40.2 Å². The summed E-state index contributed by atoms with van der Waals surface area (Å²) < 4.78 is 0. The lowest BCUT2D eigenvalue weighted by Crippen LogP contribution is -2.40. The molecular formula is C24H21N3O2. The molecule has 0 saturated carbocycles. The summed E-state index contributed by atoms with van der Waals surface area (Å²) in [5, 5.41) is 0. The molecule has 0 saturated heterocycles. The Morgan fingerprint density at radius 3 is 2.31 bits per heavy atom. The van der Waals surface area contributed by atoms with Crippen LogP contribution in [0.2, 0.25) is 0 Å². The van der Waals surface area contributed by atoms with Gasteiger partial charge in [-0.15, -0.1) is 0 Å². The largest absolute Gasteiger partial charge is 0.331 e. The van der Waals surface area contributed by atoms with Crippen LogP contribution in [0.1, 0.15) is 33.2 Å². The molecule has 0 bridgehead atoms. The van der Waals surface area contributed by atoms with Gasteiger partial charge < -0.3 is 4.90 Å². The van der Waals surface area contributed by atoms with E-state index < -0.39 is 0 Å². The van der Waals surface area contributed by atoms with Crippen LogP contribution in [0.5, 0.6) is 0 Å². The Hall–Kier alpha value is -3.73. The van der Waals surface area contributed by atoms with Gasteiger partial charge in [-0.25, -0.2) is 0 Å². The second kappa shape index (κ2) is 7.72. The van der Waals surface area contributed by atoms with Crippen LogP contribution in [0.25, 0.3) is 5.70 Å². The molecule has 1 aliphatic heterocycles. The van der Waals surface area contributed by atoms with E-state index in [2.05, 4.69) is 11.6 Å². The fourth-order valence-corrected chi connectivity index (χ4v) is 3.66. The Bertz CT molecular complexity index is 989. The first-order chi connectivity index (χ1) is 14.1. The van der Waals surface area contributed by atoms with Crippen molar-refractivity contribution in [2.24, 2.45) is 0 Å². The minimum atomic E-state index is -0.349. The van der Waals surface area contributed by atoms with E-state index in [9.17, 15) is 9.59 Å². The van der Waals surface area contributed by atoms with Crippen molar-refractivity contribution < 1.29 is 9.59 Å². The Kier molecular flexibility index (Phi) is 4.96. The zero-order valence-electron chi connectivity index (χ0n) is 16.2. The number of amides is 2. The van der Waals surface area contributed by atoms with Gasteiger partial charge >= 0.3 is 0 Å². The smallest absolute Gasteiger partial charge is 0.259 e. The molecule has 3 aromatic rings. The molecule has 4 rings (SSSR count). The number of benzene rings is 2. The monoisotopic (exact) mass is 383 g/mol. The first-order valence-corrected chi connectivity index (χ1v) is 9.39. The van der Waals surface area contributed by atoms with Crippen LogP contribution < -0.4 is 0 Å². The first-order valence-electron chi connectivity index (χ1n) is 9.39. The van der Waals surface area contributed by atoms with Crippen molar-refractivity contribution in [3.05, 3.63) is 108 Å². The molecule has 1 unspecified atom stereocenters. The number of hydrogen-bond donors (Lipinski definition) is 0. The lowest BCUT2D eigenvalue weighted by atomic mass is 10.0. The minimum Gasteiger partial charge on any atom is -0.331 e. The predicted molar refractivity (Wildman–Crippen MR) is 112 cm³/mol. The summed E-state index contributed by atoms with van der Waals surface area (Å²) in [6.45, 7) is 3.95. The third-order valence-corrected chi connectivity index (χ3v) is 5.20. The summed E-state index contributed by atoms with van der Waals surface area (Å²) in [6, 6.07) is 22.3. The summed E-state index contributed by atoms with van der Waals surface area (Å²) in [5.41, 5.74) is 3.64. The summed E-state index contributed by atoms with van der Waals surface area (Å²) >= 11 is 0. The molecule has 1 aromatic heterocycles. The second-order valence-electron chi connectivity index (χ2n) is 6.96. The molecule has 144 valence electrons. The van der Waals surface area contributed by atoms with E-state index in [0.29, 0.717) is 11.3 Å². The standard InChI is InChI=1S/C24H21N3O2/c1-17-19-12-6-7-13-20(19)24(29)27(17)16-22(28)26(2)23(18-10-4-3-5-11-18)21-14-8-9-15-25-21/h3-15,23H,1,16H2,2H3. The highest BCUT2D eigenvalue weighted by Gasteiger charge is 2.34. The number of rotatable bonds is 5. The van der Waals surface area contributed by atoms with Gasteiger partial charge in [0.15, 0.2) is 0 Å². The number of nitrogens with zero attached hydrogens (tertiary/aromatic N) is 3. The Labute approximate surface area is 169 Å². The number of aromatic nitrogens is 1. The van der Waals surface area contributed by atoms with Crippen LogP contribution in [0, 0.1) is 0 Å². The molecule has 2 amide bonds. The fourth-order valence-electron chi connectivity index (χ4n) is 3.66. The van der Waals surface area contributed by atoms with Gasteiger partial charge in [-0.3, -0.25) is 19.5 Å². The van der Waals surface area contributed by atoms with Crippen molar-refractivity contribution in [2.45, 2.75) is 6.04 Å². The van der Waals surface area contributed by atoms with Gasteiger partial charge in [-0.2, -0.15) is 0 Å². The Morgan fingerprint density at radius 1 is 1.00 bits per heavy atom. The SMILES string of the molecule is C=C1c2ccccc2C(=O)N1CC(=O)N(C)C(c1ccccc1)c1ccccn1. The van der Waals surface area contributed by atoms with Crippen LogP contribution in [0.4, 0.5) is 0 Å². The molecular weight excluding hydrogens is 362 g/mol. The van der Waals surface area contributed by atoms with Gasteiger partial charge in [0.05, 0.1) is 11.7 Å². The molecule has 29 heavy (non-hydrogen) atoms. The van der Waals surface area contributed by atoms with Crippen molar-refractivity contribution in [1.82, 2.24) is 14.8 Å². The summed E-state index contributed by atoms with van der Waals surface area (Å²) in [5.74, 6) is -0.381. The lowest BCUT2D eigenvalue weighted by Gasteiger charge is -2.30. The van der Waals surface area contributed by atoms with Crippen molar-refractivity contribution in [2.75, 3.05) is 13.6 Å². The molecule has 2 heterocycles. The highest BCUT2D eigenvalue weighted by atomic mass is 16.2. The average Bonchev–Trinajstić information content (AvgIpc) is 3.00. The van der Waals surface area contributed by atoms with E-state index in [1.54, 1.807) is 24.2 Å². The van der Waals surface area contributed by atoms with Crippen molar-refractivity contribution >= 4 is 17.5 Å². The molecule has 0 radical (unpaired) electrons. The highest BCUT2D eigenvalue weighted by Crippen LogP contribution is 2.32. The predicted octanol–water partition coefficient (Wildman–Crippen LogP) is 3.76. The number of carbonyl (C=O) groups is 2. The second-order valence-corrected chi connectivity index (χ2v) is 6.96. The topological polar surface area (TPSA) is 53.5 Å². The molecule has 0 aliphatic carbocycles. The average molecular weight is 383 g/mol. The summed E-state index contributed by atoms with van der Waals surface area (Å²) in [4.78, 5) is 33.5. The van der Waals surface area contributed by atoms with Crippen LogP contribution in [0.15, 0.2) is 85.6 Å². The Balaban J connectivity index is 1.61. The molecule has 0 fully saturated rings. The van der Waals surface area contributed by atoms with Crippen LogP contribution in [0.3, 0.4) is 0 Å². The Morgan fingerprint density at radius 2 is 1.66 bits per heavy atom. The maximum Gasteiger partial charge on any atom is 0.259 e. The van der Waals surface area contributed by atoms with Gasteiger partial charge in [0.2, 0.25) is 5.91 Å². The zero-order valence-corrected chi connectivity index (χ0v) is 16.2. The third-order valence-electron chi connectivity index (χ3n) is 5.20. The quantitative estimate of drug-likeness (QED) is 0.674. The molecule has 1 aliphatic rings. The molecule has 5 nitrogen and oxygen atoms in total. The molecule has 0 N–H and O–H groups in total. The zero-order chi connectivity index (χ0) is 20.4. The molecule has 2 aromatic carbocycles. The minimum absolute atomic E-state index is 0.0704. The fraction of sp³-hybridized carbons (Fsp3) is 0.125. The molecule has 1 atom stereocenters.